The van der Waals surface area contributed by atoms with Crippen molar-refractivity contribution in [1.29, 1.82) is 0 Å². The van der Waals surface area contributed by atoms with Gasteiger partial charge >= 0.3 is 0 Å². The van der Waals surface area contributed by atoms with Crippen LogP contribution in [0.3, 0.4) is 0 Å². The number of carbonyl (C=O) groups excluding carboxylic acids is 1. The highest BCUT2D eigenvalue weighted by atomic mass is 32.2. The van der Waals surface area contributed by atoms with E-state index in [9.17, 15) is 13.2 Å². The number of rotatable bonds is 2. The first-order valence-corrected chi connectivity index (χ1v) is 10.9. The molecule has 2 aromatic carbocycles. The minimum absolute atomic E-state index is 0.0179. The Morgan fingerprint density at radius 3 is 2.50 bits per heavy atom. The van der Waals surface area contributed by atoms with Crippen molar-refractivity contribution < 1.29 is 13.2 Å². The van der Waals surface area contributed by atoms with Crippen LogP contribution in [0.25, 0.3) is 0 Å². The molecule has 0 atom stereocenters. The predicted octanol–water partition coefficient (Wildman–Crippen LogP) is 3.10. The number of amides is 1. The molecule has 1 amide bonds. The zero-order valence-corrected chi connectivity index (χ0v) is 16.8. The van der Waals surface area contributed by atoms with Gasteiger partial charge in [-0.3, -0.25) is 4.79 Å². The molecule has 2 aliphatic heterocycles. The number of aryl methyl sites for hydroxylation is 2. The highest BCUT2D eigenvalue weighted by molar-refractivity contribution is 7.90. The molecule has 146 valence electrons. The van der Waals surface area contributed by atoms with Crippen LogP contribution in [0.4, 0.5) is 5.69 Å². The van der Waals surface area contributed by atoms with E-state index in [4.69, 9.17) is 0 Å². The quantitative estimate of drug-likeness (QED) is 0.845. The van der Waals surface area contributed by atoms with Gasteiger partial charge in [0.25, 0.3) is 10.0 Å². The lowest BCUT2D eigenvalue weighted by Gasteiger charge is -2.32. The second-order valence-electron chi connectivity index (χ2n) is 7.44. The van der Waals surface area contributed by atoms with Gasteiger partial charge in [-0.1, -0.05) is 18.2 Å². The average Bonchev–Trinajstić information content (AvgIpc) is 2.96. The van der Waals surface area contributed by atoms with E-state index in [2.05, 4.69) is 9.71 Å². The Balaban J connectivity index is 1.42. The average molecular weight is 398 g/mol. The first kappa shape index (κ1) is 18.7. The van der Waals surface area contributed by atoms with E-state index >= 15 is 0 Å². The van der Waals surface area contributed by atoms with E-state index < -0.39 is 10.0 Å². The Morgan fingerprint density at radius 2 is 1.79 bits per heavy atom. The van der Waals surface area contributed by atoms with E-state index in [-0.39, 0.29) is 16.7 Å². The molecule has 2 aliphatic rings. The minimum atomic E-state index is -3.62. The maximum Gasteiger partial charge on any atom is 0.285 e. The summed E-state index contributed by atoms with van der Waals surface area (Å²) >= 11 is 0. The minimum Gasteiger partial charge on any atom is -0.355 e. The highest BCUT2D eigenvalue weighted by Gasteiger charge is 2.34. The molecule has 0 saturated carbocycles. The van der Waals surface area contributed by atoms with Gasteiger partial charge in [0, 0.05) is 30.3 Å². The fraction of sp³-hybridized carbons (Fsp3) is 0.333. The number of benzene rings is 2. The summed E-state index contributed by atoms with van der Waals surface area (Å²) in [6.07, 6.45) is 1.33. The van der Waals surface area contributed by atoms with Crippen LogP contribution in [-0.2, 0) is 14.8 Å². The molecule has 0 radical (unpaired) electrons. The summed E-state index contributed by atoms with van der Waals surface area (Å²) in [4.78, 5) is 14.9. The van der Waals surface area contributed by atoms with Gasteiger partial charge in [-0.2, -0.15) is 8.42 Å². The van der Waals surface area contributed by atoms with E-state index in [1.165, 1.54) is 5.56 Å². The van der Waals surface area contributed by atoms with Crippen LogP contribution < -0.4 is 5.32 Å². The number of fused-ring (bicyclic) bond motifs is 1. The van der Waals surface area contributed by atoms with Crippen LogP contribution in [0.5, 0.6) is 0 Å². The van der Waals surface area contributed by atoms with Crippen LogP contribution in [0.1, 0.15) is 29.5 Å². The van der Waals surface area contributed by atoms with E-state index in [1.54, 1.807) is 18.2 Å². The van der Waals surface area contributed by atoms with Gasteiger partial charge in [0.2, 0.25) is 5.91 Å². The van der Waals surface area contributed by atoms with Gasteiger partial charge in [-0.25, -0.2) is 0 Å². The Bertz CT molecular complexity index is 1070. The number of piperidine rings is 1. The maximum absolute atomic E-state index is 12.6. The van der Waals surface area contributed by atoms with E-state index in [1.807, 2.05) is 43.0 Å². The number of anilines is 1. The SMILES string of the molecule is Cc1ccc(NC(=O)C2CCN(C3=NS(=O)(=O)c4ccccc43)CC2)cc1C. The molecular formula is C21H23N3O3S. The van der Waals surface area contributed by atoms with Crippen LogP contribution >= 0.6 is 0 Å². The third kappa shape index (κ3) is 3.42. The van der Waals surface area contributed by atoms with Crippen molar-refractivity contribution in [3.05, 3.63) is 59.2 Å². The van der Waals surface area contributed by atoms with Gasteiger partial charge in [0.1, 0.15) is 4.90 Å². The summed E-state index contributed by atoms with van der Waals surface area (Å²) in [6.45, 7) is 5.28. The van der Waals surface area contributed by atoms with E-state index in [0.29, 0.717) is 37.3 Å². The fourth-order valence-electron chi connectivity index (χ4n) is 3.73. The summed E-state index contributed by atoms with van der Waals surface area (Å²) in [6, 6.07) is 12.8. The molecule has 0 aromatic heterocycles. The van der Waals surface area contributed by atoms with Crippen molar-refractivity contribution in [1.82, 2.24) is 4.90 Å². The molecule has 0 bridgehead atoms. The van der Waals surface area contributed by atoms with E-state index in [0.717, 1.165) is 11.3 Å². The fourth-order valence-corrected chi connectivity index (χ4v) is 4.96. The van der Waals surface area contributed by atoms with Crippen molar-refractivity contribution >= 4 is 27.5 Å². The first-order valence-electron chi connectivity index (χ1n) is 9.42. The molecule has 0 spiro atoms. The third-order valence-electron chi connectivity index (χ3n) is 5.55. The molecule has 2 aromatic rings. The number of hydrogen-bond acceptors (Lipinski definition) is 4. The molecule has 1 fully saturated rings. The lowest BCUT2D eigenvalue weighted by Crippen LogP contribution is -2.41. The lowest BCUT2D eigenvalue weighted by molar-refractivity contribution is -0.120. The third-order valence-corrected chi connectivity index (χ3v) is 6.88. The largest absolute Gasteiger partial charge is 0.355 e. The van der Waals surface area contributed by atoms with Crippen molar-refractivity contribution in [3.63, 3.8) is 0 Å². The smallest absolute Gasteiger partial charge is 0.285 e. The van der Waals surface area contributed by atoms with Gasteiger partial charge in [0.15, 0.2) is 5.84 Å². The zero-order chi connectivity index (χ0) is 19.9. The highest BCUT2D eigenvalue weighted by Crippen LogP contribution is 2.30. The summed E-state index contributed by atoms with van der Waals surface area (Å²) in [7, 11) is -3.62. The standard InChI is InChI=1S/C21H23N3O3S/c1-14-7-8-17(13-15(14)2)22-21(25)16-9-11-24(12-10-16)20-18-5-3-4-6-19(18)28(26,27)23-20/h3-8,13,16H,9-12H2,1-2H3,(H,22,25). The number of sulfonamides is 1. The summed E-state index contributed by atoms with van der Waals surface area (Å²) < 4.78 is 28.5. The van der Waals surface area contributed by atoms with Crippen molar-refractivity contribution in [2.45, 2.75) is 31.6 Å². The number of nitrogens with one attached hydrogen (secondary N) is 1. The van der Waals surface area contributed by atoms with Crippen molar-refractivity contribution in [2.24, 2.45) is 10.3 Å². The van der Waals surface area contributed by atoms with Crippen LogP contribution in [0, 0.1) is 19.8 Å². The Kier molecular flexibility index (Phi) is 4.71. The van der Waals surface area contributed by atoms with Gasteiger partial charge < -0.3 is 10.2 Å². The molecule has 7 heteroatoms. The molecule has 2 heterocycles. The van der Waals surface area contributed by atoms with Gasteiger partial charge in [-0.15, -0.1) is 4.40 Å². The number of nitrogens with zero attached hydrogens (tertiary/aromatic N) is 2. The lowest BCUT2D eigenvalue weighted by atomic mass is 9.95. The van der Waals surface area contributed by atoms with Crippen molar-refractivity contribution in [3.8, 4) is 0 Å². The Morgan fingerprint density at radius 1 is 1.07 bits per heavy atom. The van der Waals surface area contributed by atoms with Crippen LogP contribution in [0.2, 0.25) is 0 Å². The maximum atomic E-state index is 12.6. The van der Waals surface area contributed by atoms with Gasteiger partial charge in [-0.05, 0) is 62.1 Å². The normalized spacial score (nSPS) is 18.5. The Hall–Kier alpha value is -2.67. The predicted molar refractivity (Wildman–Crippen MR) is 109 cm³/mol. The topological polar surface area (TPSA) is 78.8 Å². The molecule has 1 N–H and O–H groups in total. The first-order chi connectivity index (χ1) is 13.3. The molecule has 0 unspecified atom stereocenters. The monoisotopic (exact) mass is 397 g/mol. The Labute approximate surface area is 165 Å². The molecule has 1 saturated heterocycles. The van der Waals surface area contributed by atoms with Gasteiger partial charge in [0.05, 0.1) is 0 Å². The number of likely N-dealkylation sites (tertiary alicyclic amines) is 1. The number of amidine groups is 1. The summed E-state index contributed by atoms with van der Waals surface area (Å²) in [5.41, 5.74) is 3.81. The second kappa shape index (κ2) is 7.05. The second-order valence-corrected chi connectivity index (χ2v) is 9.01. The van der Waals surface area contributed by atoms with Crippen LogP contribution in [-0.4, -0.2) is 38.2 Å². The molecule has 0 aliphatic carbocycles. The summed E-state index contributed by atoms with van der Waals surface area (Å²) in [5.74, 6) is 0.430. The zero-order valence-electron chi connectivity index (χ0n) is 16.0. The van der Waals surface area contributed by atoms with Crippen LogP contribution in [0.15, 0.2) is 51.8 Å². The number of hydrogen-bond donors (Lipinski definition) is 1. The number of carbonyl (C=O) groups is 1. The van der Waals surface area contributed by atoms with Crippen molar-refractivity contribution in [2.75, 3.05) is 18.4 Å². The molecule has 28 heavy (non-hydrogen) atoms. The molecular weight excluding hydrogens is 374 g/mol. The summed E-state index contributed by atoms with van der Waals surface area (Å²) in [5, 5.41) is 3.01. The molecule has 6 nitrogen and oxygen atoms in total. The molecule has 4 rings (SSSR count).